The van der Waals surface area contributed by atoms with Crippen LogP contribution in [0.2, 0.25) is 5.02 Å². The molecule has 2 heterocycles. The van der Waals surface area contributed by atoms with Crippen molar-refractivity contribution in [1.29, 1.82) is 0 Å². The Morgan fingerprint density at radius 1 is 1.02 bits per heavy atom. The van der Waals surface area contributed by atoms with Gasteiger partial charge in [-0.25, -0.2) is 4.79 Å². The molecule has 1 aromatic heterocycles. The molecule has 1 aliphatic heterocycles. The van der Waals surface area contributed by atoms with Crippen LogP contribution in [-0.4, -0.2) is 51.9 Å². The molecule has 4 aromatic rings. The largest absolute Gasteiger partial charge is 0.444 e. The average molecular weight is 562 g/mol. The van der Waals surface area contributed by atoms with Crippen molar-refractivity contribution in [2.24, 2.45) is 0 Å². The van der Waals surface area contributed by atoms with E-state index in [0.717, 1.165) is 24.0 Å². The van der Waals surface area contributed by atoms with Gasteiger partial charge < -0.3 is 20.1 Å². The fourth-order valence-corrected chi connectivity index (χ4v) is 4.60. The minimum absolute atomic E-state index is 0.0130. The van der Waals surface area contributed by atoms with Crippen molar-refractivity contribution in [1.82, 2.24) is 25.9 Å². The first-order valence-corrected chi connectivity index (χ1v) is 13.2. The van der Waals surface area contributed by atoms with Crippen molar-refractivity contribution in [3.63, 3.8) is 0 Å². The van der Waals surface area contributed by atoms with Crippen LogP contribution in [0.15, 0.2) is 72.8 Å². The van der Waals surface area contributed by atoms with Crippen molar-refractivity contribution in [3.05, 3.63) is 88.9 Å². The van der Waals surface area contributed by atoms with E-state index in [1.54, 1.807) is 18.2 Å². The molecule has 1 atom stereocenters. The Morgan fingerprint density at radius 2 is 1.85 bits per heavy atom. The Labute approximate surface area is 235 Å². The molecule has 5 rings (SSSR count). The van der Waals surface area contributed by atoms with Gasteiger partial charge in [0.1, 0.15) is 12.6 Å². The van der Waals surface area contributed by atoms with Crippen LogP contribution in [-0.2, 0) is 20.9 Å². The van der Waals surface area contributed by atoms with Crippen LogP contribution in [0.3, 0.4) is 0 Å². The normalized spacial score (nSPS) is 14.2. The number of hydrogen-bond donors (Lipinski definition) is 4. The zero-order valence-corrected chi connectivity index (χ0v) is 22.2. The molecular formula is C28H28ClN7O4. The zero-order valence-electron chi connectivity index (χ0n) is 21.5. The molecule has 12 heteroatoms. The van der Waals surface area contributed by atoms with Crippen LogP contribution in [0, 0.1) is 0 Å². The van der Waals surface area contributed by atoms with Gasteiger partial charge in [-0.3, -0.25) is 10.1 Å². The maximum absolute atomic E-state index is 13.6. The minimum Gasteiger partial charge on any atom is -0.444 e. The van der Waals surface area contributed by atoms with Crippen LogP contribution in [0.5, 0.6) is 0 Å². The van der Waals surface area contributed by atoms with Crippen molar-refractivity contribution in [3.8, 4) is 11.4 Å². The van der Waals surface area contributed by atoms with E-state index in [0.29, 0.717) is 41.0 Å². The number of aromatic nitrogens is 4. The van der Waals surface area contributed by atoms with E-state index < -0.39 is 12.1 Å². The lowest BCUT2D eigenvalue weighted by atomic mass is 10.0. The lowest BCUT2D eigenvalue weighted by Gasteiger charge is -2.27. The number of anilines is 2. The summed E-state index contributed by atoms with van der Waals surface area (Å²) in [4.78, 5) is 26.1. The van der Waals surface area contributed by atoms with Gasteiger partial charge in [0.25, 0.3) is 0 Å². The lowest BCUT2D eigenvalue weighted by molar-refractivity contribution is -0.123. The number of nitrogens with zero attached hydrogens (tertiary/aromatic N) is 3. The van der Waals surface area contributed by atoms with Crippen molar-refractivity contribution in [2.75, 3.05) is 23.8 Å². The Bertz CT molecular complexity index is 1430. The highest BCUT2D eigenvalue weighted by Gasteiger charge is 2.26. The van der Waals surface area contributed by atoms with Gasteiger partial charge in [0.05, 0.1) is 0 Å². The Morgan fingerprint density at radius 3 is 2.62 bits per heavy atom. The Kier molecular flexibility index (Phi) is 8.84. The molecule has 0 unspecified atom stereocenters. The molecule has 3 aromatic carbocycles. The van der Waals surface area contributed by atoms with Crippen molar-refractivity contribution >= 4 is 35.0 Å². The van der Waals surface area contributed by atoms with Gasteiger partial charge in [0.2, 0.25) is 11.7 Å². The molecule has 0 bridgehead atoms. The van der Waals surface area contributed by atoms with E-state index in [4.69, 9.17) is 21.1 Å². The summed E-state index contributed by atoms with van der Waals surface area (Å²) in [6.45, 7) is 1.30. The first kappa shape index (κ1) is 27.1. The summed E-state index contributed by atoms with van der Waals surface area (Å²) < 4.78 is 10.8. The molecule has 11 nitrogen and oxygen atoms in total. The van der Waals surface area contributed by atoms with E-state index in [2.05, 4.69) is 36.6 Å². The molecule has 2 amide bonds. The number of tetrazole rings is 1. The number of amides is 2. The van der Waals surface area contributed by atoms with Crippen molar-refractivity contribution in [2.45, 2.75) is 31.5 Å². The number of carbonyl (C=O) groups is 2. The summed E-state index contributed by atoms with van der Waals surface area (Å²) in [6.07, 6.45) is 0.809. The highest BCUT2D eigenvalue weighted by atomic mass is 35.5. The average Bonchev–Trinajstić information content (AvgIpc) is 3.51. The van der Waals surface area contributed by atoms with Gasteiger partial charge in [-0.2, -0.15) is 5.21 Å². The third-order valence-electron chi connectivity index (χ3n) is 6.32. The third-order valence-corrected chi connectivity index (χ3v) is 6.54. The number of ether oxygens (including phenoxy) is 2. The Balaban J connectivity index is 1.37. The van der Waals surface area contributed by atoms with Crippen LogP contribution < -0.4 is 16.0 Å². The minimum atomic E-state index is -0.831. The van der Waals surface area contributed by atoms with E-state index in [9.17, 15) is 9.59 Å². The Hall–Kier alpha value is -4.48. The van der Waals surface area contributed by atoms with Gasteiger partial charge >= 0.3 is 6.09 Å². The number of nitrogens with one attached hydrogen (secondary N) is 4. The highest BCUT2D eigenvalue weighted by Crippen LogP contribution is 2.29. The maximum atomic E-state index is 13.6. The van der Waals surface area contributed by atoms with Crippen LogP contribution in [0.4, 0.5) is 16.2 Å². The van der Waals surface area contributed by atoms with E-state index in [-0.39, 0.29) is 18.6 Å². The van der Waals surface area contributed by atoms with E-state index in [1.165, 1.54) is 0 Å². The maximum Gasteiger partial charge on any atom is 0.411 e. The summed E-state index contributed by atoms with van der Waals surface area (Å²) in [5.74, 6) is 0.187. The van der Waals surface area contributed by atoms with Crippen LogP contribution >= 0.6 is 11.6 Å². The predicted molar refractivity (Wildman–Crippen MR) is 150 cm³/mol. The van der Waals surface area contributed by atoms with Crippen LogP contribution in [0.25, 0.3) is 11.4 Å². The summed E-state index contributed by atoms with van der Waals surface area (Å²) in [7, 11) is 0. The number of carbonyl (C=O) groups excluding carboxylic acids is 2. The summed E-state index contributed by atoms with van der Waals surface area (Å²) in [5, 5.41) is 23.6. The molecule has 4 N–H and O–H groups in total. The van der Waals surface area contributed by atoms with Crippen LogP contribution in [0.1, 0.15) is 30.0 Å². The second-order valence-corrected chi connectivity index (χ2v) is 9.69. The highest BCUT2D eigenvalue weighted by molar-refractivity contribution is 6.31. The second-order valence-electron chi connectivity index (χ2n) is 9.25. The van der Waals surface area contributed by atoms with Gasteiger partial charge in [0.15, 0.2) is 0 Å². The number of benzene rings is 3. The first-order valence-electron chi connectivity index (χ1n) is 12.8. The van der Waals surface area contributed by atoms with Gasteiger partial charge in [-0.15, -0.1) is 10.2 Å². The number of halogens is 1. The standard InChI is InChI=1S/C28H28ClN7O4/c29-21-13-20(15-24(16-21)32-28(38)40-17-18-5-2-1-3-6-18)25(27(37)31-22-9-11-39-12-10-22)30-23-8-4-7-19(14-23)26-33-35-36-34-26/h1-8,13-16,22,25,30H,9-12,17H2,(H,31,37)(H,32,38)(H,33,34,35,36)/t25-/m0/s1. The number of H-pyrrole nitrogens is 1. The zero-order chi connectivity index (χ0) is 27.7. The van der Waals surface area contributed by atoms with E-state index in [1.807, 2.05) is 54.6 Å². The number of rotatable bonds is 9. The second kappa shape index (κ2) is 13.0. The lowest BCUT2D eigenvalue weighted by Crippen LogP contribution is -2.43. The summed E-state index contributed by atoms with van der Waals surface area (Å²) in [6, 6.07) is 20.8. The molecule has 1 saturated heterocycles. The molecule has 0 aliphatic carbocycles. The molecule has 0 saturated carbocycles. The molecule has 0 spiro atoms. The third kappa shape index (κ3) is 7.33. The van der Waals surface area contributed by atoms with Gasteiger partial charge in [-0.1, -0.05) is 54.1 Å². The SMILES string of the molecule is O=C(Nc1cc(Cl)cc([C@H](Nc2cccc(-c3nn[nH]n3)c2)C(=O)NC2CCOCC2)c1)OCc1ccccc1. The molecule has 1 fully saturated rings. The molecule has 206 valence electrons. The summed E-state index contributed by atoms with van der Waals surface area (Å²) in [5.41, 5.74) is 3.19. The molecule has 40 heavy (non-hydrogen) atoms. The topological polar surface area (TPSA) is 143 Å². The van der Waals surface area contributed by atoms with E-state index >= 15 is 0 Å². The number of hydrogen-bond acceptors (Lipinski definition) is 8. The fourth-order valence-electron chi connectivity index (χ4n) is 4.35. The monoisotopic (exact) mass is 561 g/mol. The quantitative estimate of drug-likeness (QED) is 0.230. The molecule has 0 radical (unpaired) electrons. The van der Waals surface area contributed by atoms with Gasteiger partial charge in [-0.05, 0) is 59.5 Å². The smallest absolute Gasteiger partial charge is 0.411 e. The molecular weight excluding hydrogens is 534 g/mol. The predicted octanol–water partition coefficient (Wildman–Crippen LogP) is 4.72. The van der Waals surface area contributed by atoms with Gasteiger partial charge in [0, 0.05) is 41.2 Å². The molecule has 1 aliphatic rings. The fraction of sp³-hybridized carbons (Fsp3) is 0.250. The number of aromatic amines is 1. The van der Waals surface area contributed by atoms with Crippen molar-refractivity contribution < 1.29 is 19.1 Å². The summed E-state index contributed by atoms with van der Waals surface area (Å²) >= 11 is 6.45. The first-order chi connectivity index (χ1) is 19.5.